The minimum atomic E-state index is -0.451. The van der Waals surface area contributed by atoms with Crippen LogP contribution in [0.3, 0.4) is 0 Å². The van der Waals surface area contributed by atoms with Gasteiger partial charge in [-0.2, -0.15) is 14.9 Å². The third kappa shape index (κ3) is 3.19. The highest BCUT2D eigenvalue weighted by atomic mass is 32.1. The lowest BCUT2D eigenvalue weighted by Crippen LogP contribution is -1.95. The molecule has 0 unspecified atom stereocenters. The summed E-state index contributed by atoms with van der Waals surface area (Å²) in [6, 6.07) is 9.67. The fourth-order valence-electron chi connectivity index (χ4n) is 1.89. The zero-order chi connectivity index (χ0) is 16.2. The first-order valence-electron chi connectivity index (χ1n) is 6.52. The number of nitro groups is 1. The number of non-ortho nitro benzene ring substituents is 1. The molecule has 0 bridgehead atoms. The normalized spacial score (nSPS) is 11.0. The molecule has 0 saturated carbocycles. The molecule has 2 heterocycles. The second-order valence-electron chi connectivity index (χ2n) is 4.50. The summed E-state index contributed by atoms with van der Waals surface area (Å²) in [7, 11) is 0. The summed E-state index contributed by atoms with van der Waals surface area (Å²) in [5, 5.41) is 21.7. The SMILES string of the molecule is O=[N+]([O-])c1ccc(/C=N\n2c(-c3cccnc3)n[nH]c2=S)cc1. The molecule has 9 heteroatoms. The van der Waals surface area contributed by atoms with Gasteiger partial charge < -0.3 is 0 Å². The number of pyridine rings is 1. The van der Waals surface area contributed by atoms with Crippen molar-refractivity contribution in [1.29, 1.82) is 0 Å². The second-order valence-corrected chi connectivity index (χ2v) is 4.89. The van der Waals surface area contributed by atoms with E-state index in [2.05, 4.69) is 20.3 Å². The molecule has 0 amide bonds. The number of aromatic nitrogens is 4. The van der Waals surface area contributed by atoms with Crippen LogP contribution >= 0.6 is 12.2 Å². The van der Waals surface area contributed by atoms with Crippen LogP contribution in [-0.2, 0) is 0 Å². The Morgan fingerprint density at radius 1 is 1.30 bits per heavy atom. The van der Waals surface area contributed by atoms with E-state index in [0.29, 0.717) is 16.2 Å². The second kappa shape index (κ2) is 6.28. The lowest BCUT2D eigenvalue weighted by atomic mass is 10.2. The van der Waals surface area contributed by atoms with Gasteiger partial charge in [-0.3, -0.25) is 15.1 Å². The topological polar surface area (TPSA) is 102 Å². The zero-order valence-corrected chi connectivity index (χ0v) is 12.5. The van der Waals surface area contributed by atoms with Gasteiger partial charge in [-0.25, -0.2) is 5.10 Å². The highest BCUT2D eigenvalue weighted by Crippen LogP contribution is 2.15. The summed E-state index contributed by atoms with van der Waals surface area (Å²) in [6.45, 7) is 0. The van der Waals surface area contributed by atoms with Gasteiger partial charge in [0.1, 0.15) is 0 Å². The minimum absolute atomic E-state index is 0.0260. The average Bonchev–Trinajstić information content (AvgIpc) is 2.95. The molecule has 0 aliphatic carbocycles. The Kier molecular flexibility index (Phi) is 4.02. The molecule has 0 aliphatic heterocycles. The van der Waals surface area contributed by atoms with Crippen molar-refractivity contribution in [3.05, 3.63) is 69.2 Å². The van der Waals surface area contributed by atoms with Crippen LogP contribution in [0.2, 0.25) is 0 Å². The third-order valence-corrected chi connectivity index (χ3v) is 3.26. The van der Waals surface area contributed by atoms with Crippen molar-refractivity contribution < 1.29 is 4.92 Å². The Morgan fingerprint density at radius 3 is 2.74 bits per heavy atom. The van der Waals surface area contributed by atoms with Crippen LogP contribution in [-0.4, -0.2) is 31.0 Å². The summed E-state index contributed by atoms with van der Waals surface area (Å²) in [5.74, 6) is 0.529. The van der Waals surface area contributed by atoms with E-state index in [0.717, 1.165) is 5.56 Å². The van der Waals surface area contributed by atoms with Gasteiger partial charge in [-0.1, -0.05) is 0 Å². The van der Waals surface area contributed by atoms with Crippen molar-refractivity contribution in [3.63, 3.8) is 0 Å². The number of rotatable bonds is 4. The minimum Gasteiger partial charge on any atom is -0.264 e. The predicted octanol–water partition coefficient (Wildman–Crippen LogP) is 2.79. The number of benzene rings is 1. The Morgan fingerprint density at radius 2 is 2.09 bits per heavy atom. The monoisotopic (exact) mass is 326 g/mol. The van der Waals surface area contributed by atoms with Gasteiger partial charge in [0, 0.05) is 30.1 Å². The van der Waals surface area contributed by atoms with Gasteiger partial charge in [0.2, 0.25) is 4.77 Å². The number of hydrogen-bond acceptors (Lipinski definition) is 6. The van der Waals surface area contributed by atoms with Gasteiger partial charge >= 0.3 is 0 Å². The fraction of sp³-hybridized carbons (Fsp3) is 0. The maximum absolute atomic E-state index is 10.6. The Hall–Kier alpha value is -3.20. The van der Waals surface area contributed by atoms with Crippen molar-refractivity contribution in [2.75, 3.05) is 0 Å². The first-order chi connectivity index (χ1) is 11.1. The van der Waals surface area contributed by atoms with Crippen LogP contribution in [0, 0.1) is 14.9 Å². The van der Waals surface area contributed by atoms with Crippen molar-refractivity contribution in [2.24, 2.45) is 5.10 Å². The lowest BCUT2D eigenvalue weighted by Gasteiger charge is -2.00. The van der Waals surface area contributed by atoms with E-state index in [9.17, 15) is 10.1 Å². The molecule has 23 heavy (non-hydrogen) atoms. The largest absolute Gasteiger partial charge is 0.269 e. The zero-order valence-electron chi connectivity index (χ0n) is 11.7. The van der Waals surface area contributed by atoms with Crippen LogP contribution in [0.5, 0.6) is 0 Å². The van der Waals surface area contributed by atoms with Crippen LogP contribution in [0.1, 0.15) is 5.56 Å². The van der Waals surface area contributed by atoms with E-state index in [4.69, 9.17) is 12.2 Å². The Labute approximate surface area is 135 Å². The molecule has 0 radical (unpaired) electrons. The molecule has 8 nitrogen and oxygen atoms in total. The van der Waals surface area contributed by atoms with E-state index in [-0.39, 0.29) is 5.69 Å². The third-order valence-electron chi connectivity index (χ3n) is 3.00. The molecule has 1 aromatic carbocycles. The summed E-state index contributed by atoms with van der Waals surface area (Å²) in [5.41, 5.74) is 1.50. The van der Waals surface area contributed by atoms with Crippen LogP contribution in [0.4, 0.5) is 5.69 Å². The molecule has 114 valence electrons. The number of nitrogens with one attached hydrogen (secondary N) is 1. The molecular weight excluding hydrogens is 316 g/mol. The highest BCUT2D eigenvalue weighted by molar-refractivity contribution is 7.71. The number of nitro benzene ring substituents is 1. The van der Waals surface area contributed by atoms with Gasteiger partial charge in [0.25, 0.3) is 5.69 Å². The Bertz CT molecular complexity index is 914. The van der Waals surface area contributed by atoms with Gasteiger partial charge in [-0.05, 0) is 42.0 Å². The number of aromatic amines is 1. The quantitative estimate of drug-likeness (QED) is 0.344. The number of nitrogens with zero attached hydrogens (tertiary/aromatic N) is 5. The maximum Gasteiger partial charge on any atom is 0.269 e. The van der Waals surface area contributed by atoms with Gasteiger partial charge in [0.15, 0.2) is 5.82 Å². The van der Waals surface area contributed by atoms with Crippen LogP contribution in [0.25, 0.3) is 11.4 Å². The maximum atomic E-state index is 10.6. The van der Waals surface area contributed by atoms with E-state index in [1.54, 1.807) is 36.8 Å². The first-order valence-corrected chi connectivity index (χ1v) is 6.92. The highest BCUT2D eigenvalue weighted by Gasteiger charge is 2.08. The van der Waals surface area contributed by atoms with Crippen LogP contribution < -0.4 is 0 Å². The standard InChI is InChI=1S/C14H10N6O2S/c21-20(22)12-5-3-10(4-6-12)8-16-19-13(17-18-14(19)23)11-2-1-7-15-9-11/h1-9H,(H,18,23)/b16-8-. The molecular formula is C14H10N6O2S. The summed E-state index contributed by atoms with van der Waals surface area (Å²) in [6.07, 6.45) is 4.87. The van der Waals surface area contributed by atoms with E-state index >= 15 is 0 Å². The Balaban J connectivity index is 1.93. The molecule has 2 aromatic heterocycles. The molecule has 0 spiro atoms. The fourth-order valence-corrected chi connectivity index (χ4v) is 2.07. The smallest absolute Gasteiger partial charge is 0.264 e. The van der Waals surface area contributed by atoms with E-state index < -0.39 is 4.92 Å². The predicted molar refractivity (Wildman–Crippen MR) is 86.7 cm³/mol. The van der Waals surface area contributed by atoms with Gasteiger partial charge in [0.05, 0.1) is 11.1 Å². The molecule has 0 saturated heterocycles. The van der Waals surface area contributed by atoms with Crippen molar-refractivity contribution >= 4 is 24.1 Å². The summed E-state index contributed by atoms with van der Waals surface area (Å²) in [4.78, 5) is 14.2. The molecule has 3 aromatic rings. The molecule has 0 fully saturated rings. The first kappa shape index (κ1) is 14.7. The summed E-state index contributed by atoms with van der Waals surface area (Å²) >= 11 is 5.16. The summed E-state index contributed by atoms with van der Waals surface area (Å²) < 4.78 is 1.80. The van der Waals surface area contributed by atoms with Crippen molar-refractivity contribution in [3.8, 4) is 11.4 Å². The molecule has 0 atom stereocenters. The average molecular weight is 326 g/mol. The number of hydrogen-bond donors (Lipinski definition) is 1. The van der Waals surface area contributed by atoms with Crippen molar-refractivity contribution in [1.82, 2.24) is 19.9 Å². The van der Waals surface area contributed by atoms with Crippen molar-refractivity contribution in [2.45, 2.75) is 0 Å². The van der Waals surface area contributed by atoms with Gasteiger partial charge in [-0.15, -0.1) is 0 Å². The van der Waals surface area contributed by atoms with Crippen LogP contribution in [0.15, 0.2) is 53.9 Å². The molecule has 3 rings (SSSR count). The van der Waals surface area contributed by atoms with E-state index in [1.807, 2.05) is 6.07 Å². The molecule has 1 N–H and O–H groups in total. The lowest BCUT2D eigenvalue weighted by molar-refractivity contribution is -0.384. The van der Waals surface area contributed by atoms with E-state index in [1.165, 1.54) is 16.8 Å². The number of H-pyrrole nitrogens is 1. The molecule has 0 aliphatic rings.